The Hall–Kier alpha value is -2.16. The molecular formula is C16H15FN2. The third-order valence-electron chi connectivity index (χ3n) is 3.23. The van der Waals surface area contributed by atoms with Gasteiger partial charge in [-0.1, -0.05) is 18.2 Å². The first kappa shape index (κ1) is 11.9. The number of halogens is 1. The summed E-state index contributed by atoms with van der Waals surface area (Å²) in [5, 5.41) is 0. The van der Waals surface area contributed by atoms with E-state index in [0.717, 1.165) is 35.3 Å². The average molecular weight is 254 g/mol. The SMILES string of the molecule is Cc1ccc2nc(CCc3cccc(F)c3)[nH]c2c1. The van der Waals surface area contributed by atoms with Crippen LogP contribution in [0, 0.1) is 12.7 Å². The largest absolute Gasteiger partial charge is 0.342 e. The average Bonchev–Trinajstić information content (AvgIpc) is 2.78. The van der Waals surface area contributed by atoms with Crippen LogP contribution < -0.4 is 0 Å². The second-order valence-corrected chi connectivity index (χ2v) is 4.83. The molecule has 0 bridgehead atoms. The molecule has 0 fully saturated rings. The maximum absolute atomic E-state index is 13.1. The molecule has 96 valence electrons. The number of hydrogen-bond donors (Lipinski definition) is 1. The molecule has 0 saturated carbocycles. The van der Waals surface area contributed by atoms with Crippen LogP contribution >= 0.6 is 0 Å². The maximum atomic E-state index is 13.1. The van der Waals surface area contributed by atoms with Crippen molar-refractivity contribution in [1.82, 2.24) is 9.97 Å². The Bertz CT molecular complexity index is 716. The van der Waals surface area contributed by atoms with Crippen LogP contribution in [-0.2, 0) is 12.8 Å². The lowest BCUT2D eigenvalue weighted by Crippen LogP contribution is -1.93. The van der Waals surface area contributed by atoms with E-state index in [-0.39, 0.29) is 5.82 Å². The Kier molecular flexibility index (Phi) is 3.03. The molecule has 0 aliphatic carbocycles. The summed E-state index contributed by atoms with van der Waals surface area (Å²) >= 11 is 0. The molecule has 0 radical (unpaired) electrons. The van der Waals surface area contributed by atoms with E-state index in [1.54, 1.807) is 12.1 Å². The van der Waals surface area contributed by atoms with Gasteiger partial charge in [-0.25, -0.2) is 9.37 Å². The molecule has 2 aromatic carbocycles. The Balaban J connectivity index is 1.78. The lowest BCUT2D eigenvalue weighted by Gasteiger charge is -1.99. The van der Waals surface area contributed by atoms with Gasteiger partial charge in [0.15, 0.2) is 0 Å². The number of aryl methyl sites for hydroxylation is 3. The van der Waals surface area contributed by atoms with Crippen LogP contribution in [0.1, 0.15) is 17.0 Å². The van der Waals surface area contributed by atoms with E-state index in [1.807, 2.05) is 12.1 Å². The zero-order valence-corrected chi connectivity index (χ0v) is 10.8. The lowest BCUT2D eigenvalue weighted by atomic mass is 10.1. The van der Waals surface area contributed by atoms with E-state index in [9.17, 15) is 4.39 Å². The lowest BCUT2D eigenvalue weighted by molar-refractivity contribution is 0.625. The van der Waals surface area contributed by atoms with Crippen LogP contribution in [0.4, 0.5) is 4.39 Å². The number of nitrogens with one attached hydrogen (secondary N) is 1. The van der Waals surface area contributed by atoms with E-state index in [0.29, 0.717) is 0 Å². The summed E-state index contributed by atoms with van der Waals surface area (Å²) in [5.41, 5.74) is 4.26. The van der Waals surface area contributed by atoms with Gasteiger partial charge in [0.1, 0.15) is 11.6 Å². The molecule has 3 heteroatoms. The van der Waals surface area contributed by atoms with Crippen molar-refractivity contribution in [2.24, 2.45) is 0 Å². The van der Waals surface area contributed by atoms with Crippen molar-refractivity contribution in [2.75, 3.05) is 0 Å². The highest BCUT2D eigenvalue weighted by atomic mass is 19.1. The zero-order valence-electron chi connectivity index (χ0n) is 10.8. The van der Waals surface area contributed by atoms with Crippen molar-refractivity contribution < 1.29 is 4.39 Å². The van der Waals surface area contributed by atoms with Crippen molar-refractivity contribution in [1.29, 1.82) is 0 Å². The van der Waals surface area contributed by atoms with Gasteiger partial charge in [-0.2, -0.15) is 0 Å². The number of aromatic amines is 1. The van der Waals surface area contributed by atoms with Crippen molar-refractivity contribution in [3.05, 3.63) is 65.2 Å². The number of hydrogen-bond acceptors (Lipinski definition) is 1. The van der Waals surface area contributed by atoms with Crippen LogP contribution in [0.25, 0.3) is 11.0 Å². The van der Waals surface area contributed by atoms with Crippen LogP contribution in [-0.4, -0.2) is 9.97 Å². The summed E-state index contributed by atoms with van der Waals surface area (Å²) in [4.78, 5) is 7.86. The van der Waals surface area contributed by atoms with Gasteiger partial charge in [0.05, 0.1) is 11.0 Å². The number of aromatic nitrogens is 2. The fraction of sp³-hybridized carbons (Fsp3) is 0.188. The van der Waals surface area contributed by atoms with Gasteiger partial charge in [0.2, 0.25) is 0 Å². The molecule has 19 heavy (non-hydrogen) atoms. The van der Waals surface area contributed by atoms with E-state index < -0.39 is 0 Å². The summed E-state index contributed by atoms with van der Waals surface area (Å²) in [6.07, 6.45) is 1.58. The number of benzene rings is 2. The highest BCUT2D eigenvalue weighted by Crippen LogP contribution is 2.14. The van der Waals surface area contributed by atoms with E-state index in [4.69, 9.17) is 0 Å². The molecule has 0 aliphatic rings. The third kappa shape index (κ3) is 2.65. The van der Waals surface area contributed by atoms with Gasteiger partial charge in [-0.15, -0.1) is 0 Å². The molecule has 0 amide bonds. The Morgan fingerprint density at radius 2 is 2.00 bits per heavy atom. The van der Waals surface area contributed by atoms with Gasteiger partial charge in [-0.05, 0) is 48.7 Å². The summed E-state index contributed by atoms with van der Waals surface area (Å²) < 4.78 is 13.1. The molecular weight excluding hydrogens is 239 g/mol. The molecule has 3 rings (SSSR count). The Morgan fingerprint density at radius 1 is 1.11 bits per heavy atom. The van der Waals surface area contributed by atoms with E-state index in [1.165, 1.54) is 11.6 Å². The van der Waals surface area contributed by atoms with Crippen LogP contribution in [0.15, 0.2) is 42.5 Å². The topological polar surface area (TPSA) is 28.7 Å². The monoisotopic (exact) mass is 254 g/mol. The number of H-pyrrole nitrogens is 1. The van der Waals surface area contributed by atoms with E-state index in [2.05, 4.69) is 29.0 Å². The molecule has 1 aromatic heterocycles. The first-order valence-electron chi connectivity index (χ1n) is 6.40. The van der Waals surface area contributed by atoms with Gasteiger partial charge < -0.3 is 4.98 Å². The first-order valence-corrected chi connectivity index (χ1v) is 6.40. The molecule has 1 heterocycles. The highest BCUT2D eigenvalue weighted by molar-refractivity contribution is 5.75. The van der Waals surface area contributed by atoms with Crippen molar-refractivity contribution in [3.63, 3.8) is 0 Å². The smallest absolute Gasteiger partial charge is 0.123 e. The number of fused-ring (bicyclic) bond motifs is 1. The molecule has 0 saturated heterocycles. The standard InChI is InChI=1S/C16H15FN2/c1-11-5-7-14-15(9-11)19-16(18-14)8-6-12-3-2-4-13(17)10-12/h2-5,7,9-10H,6,8H2,1H3,(H,18,19). The maximum Gasteiger partial charge on any atom is 0.123 e. The highest BCUT2D eigenvalue weighted by Gasteiger charge is 2.03. The van der Waals surface area contributed by atoms with Crippen LogP contribution in [0.2, 0.25) is 0 Å². The number of nitrogens with zero attached hydrogens (tertiary/aromatic N) is 1. The molecule has 1 N–H and O–H groups in total. The minimum Gasteiger partial charge on any atom is -0.342 e. The second kappa shape index (κ2) is 4.84. The van der Waals surface area contributed by atoms with Crippen LogP contribution in [0.5, 0.6) is 0 Å². The van der Waals surface area contributed by atoms with Crippen molar-refractivity contribution in [2.45, 2.75) is 19.8 Å². The zero-order chi connectivity index (χ0) is 13.2. The fourth-order valence-electron chi connectivity index (χ4n) is 2.25. The molecule has 2 nitrogen and oxygen atoms in total. The Labute approximate surface area is 111 Å². The predicted octanol–water partition coefficient (Wildman–Crippen LogP) is 3.80. The molecule has 3 aromatic rings. The van der Waals surface area contributed by atoms with Gasteiger partial charge >= 0.3 is 0 Å². The quantitative estimate of drug-likeness (QED) is 0.756. The summed E-state index contributed by atoms with van der Waals surface area (Å²) in [5.74, 6) is 0.766. The predicted molar refractivity (Wildman–Crippen MR) is 74.6 cm³/mol. The minimum absolute atomic E-state index is 0.183. The molecule has 0 aliphatic heterocycles. The molecule has 0 spiro atoms. The summed E-state index contributed by atoms with van der Waals surface area (Å²) in [6.45, 7) is 2.06. The second-order valence-electron chi connectivity index (χ2n) is 4.83. The van der Waals surface area contributed by atoms with Gasteiger partial charge in [-0.3, -0.25) is 0 Å². The Morgan fingerprint density at radius 3 is 2.84 bits per heavy atom. The molecule has 0 atom stereocenters. The normalized spacial score (nSPS) is 11.1. The minimum atomic E-state index is -0.183. The van der Waals surface area contributed by atoms with E-state index >= 15 is 0 Å². The number of imidazole rings is 1. The van der Waals surface area contributed by atoms with Gasteiger partial charge in [0, 0.05) is 6.42 Å². The van der Waals surface area contributed by atoms with Crippen LogP contribution in [0.3, 0.4) is 0 Å². The summed E-state index contributed by atoms with van der Waals surface area (Å²) in [6, 6.07) is 12.9. The summed E-state index contributed by atoms with van der Waals surface area (Å²) in [7, 11) is 0. The fourth-order valence-corrected chi connectivity index (χ4v) is 2.25. The first-order chi connectivity index (χ1) is 9.20. The third-order valence-corrected chi connectivity index (χ3v) is 3.23. The molecule has 0 unspecified atom stereocenters. The van der Waals surface area contributed by atoms with Crippen molar-refractivity contribution >= 4 is 11.0 Å². The number of rotatable bonds is 3. The van der Waals surface area contributed by atoms with Gasteiger partial charge in [0.25, 0.3) is 0 Å². The van der Waals surface area contributed by atoms with Crippen molar-refractivity contribution in [3.8, 4) is 0 Å².